The van der Waals surface area contributed by atoms with Gasteiger partial charge in [-0.25, -0.2) is 0 Å². The number of hydrogen-bond acceptors (Lipinski definition) is 5. The molecule has 23 heavy (non-hydrogen) atoms. The van der Waals surface area contributed by atoms with E-state index in [1.54, 1.807) is 13.0 Å². The molecule has 0 radical (unpaired) electrons. The third kappa shape index (κ3) is 3.21. The van der Waals surface area contributed by atoms with E-state index >= 15 is 0 Å². The lowest BCUT2D eigenvalue weighted by molar-refractivity contribution is -0.385. The van der Waals surface area contributed by atoms with E-state index in [1.807, 2.05) is 6.92 Å². The lowest BCUT2D eigenvalue weighted by Gasteiger charge is -2.07. The van der Waals surface area contributed by atoms with Gasteiger partial charge in [-0.15, -0.1) is 11.3 Å². The van der Waals surface area contributed by atoms with E-state index in [0.717, 1.165) is 10.4 Å². The maximum absolute atomic E-state index is 12.4. The lowest BCUT2D eigenvalue weighted by Crippen LogP contribution is -2.21. The summed E-state index contributed by atoms with van der Waals surface area (Å²) >= 11 is 1.26. The third-order valence-electron chi connectivity index (χ3n) is 3.41. The summed E-state index contributed by atoms with van der Waals surface area (Å²) in [5, 5.41) is 16.5. The SMILES string of the molecule is CNC(=O)c1c(NC(=O)c2ccccc2[N+](=O)[O-])sc(C)c1C. The molecule has 2 amide bonds. The van der Waals surface area contributed by atoms with Gasteiger partial charge in [0.05, 0.1) is 10.5 Å². The van der Waals surface area contributed by atoms with Gasteiger partial charge in [0.1, 0.15) is 10.6 Å². The first kappa shape index (κ1) is 16.6. The van der Waals surface area contributed by atoms with Crippen LogP contribution in [0.3, 0.4) is 0 Å². The van der Waals surface area contributed by atoms with Crippen molar-refractivity contribution in [1.29, 1.82) is 0 Å². The van der Waals surface area contributed by atoms with Crippen molar-refractivity contribution < 1.29 is 14.5 Å². The zero-order valence-electron chi connectivity index (χ0n) is 12.8. The van der Waals surface area contributed by atoms with Crippen LogP contribution in [0.5, 0.6) is 0 Å². The van der Waals surface area contributed by atoms with E-state index in [9.17, 15) is 19.7 Å². The summed E-state index contributed by atoms with van der Waals surface area (Å²) in [6.07, 6.45) is 0. The molecule has 120 valence electrons. The molecule has 0 spiro atoms. The Morgan fingerprint density at radius 2 is 1.83 bits per heavy atom. The van der Waals surface area contributed by atoms with Crippen LogP contribution in [-0.2, 0) is 0 Å². The van der Waals surface area contributed by atoms with Crippen LogP contribution < -0.4 is 10.6 Å². The van der Waals surface area contributed by atoms with Crippen molar-refractivity contribution in [3.8, 4) is 0 Å². The fourth-order valence-corrected chi connectivity index (χ4v) is 3.16. The molecule has 2 N–H and O–H groups in total. The van der Waals surface area contributed by atoms with E-state index in [4.69, 9.17) is 0 Å². The minimum Gasteiger partial charge on any atom is -0.355 e. The standard InChI is InChI=1S/C15H15N3O4S/c1-8-9(2)23-15(12(8)14(20)16-3)17-13(19)10-6-4-5-7-11(10)18(21)22/h4-7H,1-3H3,(H,16,20)(H,17,19). The molecule has 2 aromatic rings. The van der Waals surface area contributed by atoms with Crippen LogP contribution in [0.15, 0.2) is 24.3 Å². The highest BCUT2D eigenvalue weighted by Crippen LogP contribution is 2.33. The number of carbonyl (C=O) groups is 2. The number of hydrogen-bond donors (Lipinski definition) is 2. The van der Waals surface area contributed by atoms with Crippen molar-refractivity contribution in [3.05, 3.63) is 55.9 Å². The number of nitrogens with zero attached hydrogens (tertiary/aromatic N) is 1. The Labute approximate surface area is 136 Å². The Bertz CT molecular complexity index is 798. The quantitative estimate of drug-likeness (QED) is 0.663. The van der Waals surface area contributed by atoms with Crippen molar-refractivity contribution in [2.45, 2.75) is 13.8 Å². The predicted octanol–water partition coefficient (Wildman–Crippen LogP) is 2.89. The molecule has 0 fully saturated rings. The summed E-state index contributed by atoms with van der Waals surface area (Å²) in [6.45, 7) is 3.63. The molecule has 0 bridgehead atoms. The molecule has 0 saturated heterocycles. The van der Waals surface area contributed by atoms with Crippen molar-refractivity contribution in [3.63, 3.8) is 0 Å². The maximum atomic E-state index is 12.4. The highest BCUT2D eigenvalue weighted by molar-refractivity contribution is 7.16. The van der Waals surface area contributed by atoms with Gasteiger partial charge in [0.25, 0.3) is 17.5 Å². The average Bonchev–Trinajstić information content (AvgIpc) is 2.80. The highest BCUT2D eigenvalue weighted by atomic mass is 32.1. The number of nitro benzene ring substituents is 1. The van der Waals surface area contributed by atoms with Gasteiger partial charge in [-0.1, -0.05) is 12.1 Å². The number of nitro groups is 1. The lowest BCUT2D eigenvalue weighted by atomic mass is 10.1. The van der Waals surface area contributed by atoms with Crippen LogP contribution in [0.4, 0.5) is 10.7 Å². The van der Waals surface area contributed by atoms with Crippen LogP contribution in [0.1, 0.15) is 31.2 Å². The molecular formula is C15H15N3O4S. The number of nitrogens with one attached hydrogen (secondary N) is 2. The molecule has 0 aliphatic rings. The van der Waals surface area contributed by atoms with Gasteiger partial charge in [-0.3, -0.25) is 19.7 Å². The van der Waals surface area contributed by atoms with Gasteiger partial charge in [0.15, 0.2) is 0 Å². The fraction of sp³-hybridized carbons (Fsp3) is 0.200. The Morgan fingerprint density at radius 1 is 1.17 bits per heavy atom. The molecule has 0 aliphatic heterocycles. The van der Waals surface area contributed by atoms with Gasteiger partial charge in [0.2, 0.25) is 0 Å². The van der Waals surface area contributed by atoms with Gasteiger partial charge in [0, 0.05) is 18.0 Å². The zero-order chi connectivity index (χ0) is 17.1. The minimum atomic E-state index is -0.622. The Kier molecular flexibility index (Phi) is 4.75. The smallest absolute Gasteiger partial charge is 0.282 e. The monoisotopic (exact) mass is 333 g/mol. The normalized spacial score (nSPS) is 10.2. The second-order valence-corrected chi connectivity index (χ2v) is 6.02. The molecule has 7 nitrogen and oxygen atoms in total. The number of carbonyl (C=O) groups excluding carboxylic acids is 2. The van der Waals surface area contributed by atoms with Crippen LogP contribution in [0.2, 0.25) is 0 Å². The zero-order valence-corrected chi connectivity index (χ0v) is 13.6. The third-order valence-corrected chi connectivity index (χ3v) is 4.53. The number of amides is 2. The number of para-hydroxylation sites is 1. The molecule has 1 aromatic heterocycles. The largest absolute Gasteiger partial charge is 0.355 e. The summed E-state index contributed by atoms with van der Waals surface area (Å²) in [7, 11) is 1.50. The first-order chi connectivity index (χ1) is 10.9. The van der Waals surface area contributed by atoms with Crippen LogP contribution >= 0.6 is 11.3 Å². The number of anilines is 1. The molecule has 1 heterocycles. The second-order valence-electron chi connectivity index (χ2n) is 4.79. The minimum absolute atomic E-state index is 0.0518. The topological polar surface area (TPSA) is 101 Å². The first-order valence-electron chi connectivity index (χ1n) is 6.73. The summed E-state index contributed by atoms with van der Waals surface area (Å²) in [5.74, 6) is -0.937. The Morgan fingerprint density at radius 3 is 2.43 bits per heavy atom. The highest BCUT2D eigenvalue weighted by Gasteiger charge is 2.24. The molecule has 1 aromatic carbocycles. The van der Waals surface area contributed by atoms with Crippen molar-refractivity contribution in [2.75, 3.05) is 12.4 Å². The van der Waals surface area contributed by atoms with Gasteiger partial charge in [-0.05, 0) is 25.5 Å². The number of benzene rings is 1. The maximum Gasteiger partial charge on any atom is 0.282 e. The molecular weight excluding hydrogens is 318 g/mol. The second kappa shape index (κ2) is 6.57. The number of aryl methyl sites for hydroxylation is 1. The number of rotatable bonds is 4. The molecule has 0 aliphatic carbocycles. The van der Waals surface area contributed by atoms with E-state index < -0.39 is 10.8 Å². The van der Waals surface area contributed by atoms with Crippen molar-refractivity contribution in [2.24, 2.45) is 0 Å². The van der Waals surface area contributed by atoms with E-state index in [-0.39, 0.29) is 17.2 Å². The summed E-state index contributed by atoms with van der Waals surface area (Å²) in [4.78, 5) is 35.7. The van der Waals surface area contributed by atoms with Gasteiger partial charge < -0.3 is 10.6 Å². The van der Waals surface area contributed by atoms with E-state index in [2.05, 4.69) is 10.6 Å². The average molecular weight is 333 g/mol. The molecule has 2 rings (SSSR count). The molecule has 0 atom stereocenters. The van der Waals surface area contributed by atoms with Crippen molar-refractivity contribution in [1.82, 2.24) is 5.32 Å². The first-order valence-corrected chi connectivity index (χ1v) is 7.55. The van der Waals surface area contributed by atoms with Crippen molar-refractivity contribution >= 4 is 33.8 Å². The molecule has 0 unspecified atom stereocenters. The van der Waals surface area contributed by atoms with Crippen LogP contribution in [-0.4, -0.2) is 23.8 Å². The van der Waals surface area contributed by atoms with Gasteiger partial charge >= 0.3 is 0 Å². The van der Waals surface area contributed by atoms with E-state index in [1.165, 1.54) is 36.6 Å². The summed E-state index contributed by atoms with van der Waals surface area (Å²) in [6, 6.07) is 5.68. The van der Waals surface area contributed by atoms with E-state index in [0.29, 0.717) is 10.6 Å². The van der Waals surface area contributed by atoms with Crippen LogP contribution in [0.25, 0.3) is 0 Å². The summed E-state index contributed by atoms with van der Waals surface area (Å²) in [5.41, 5.74) is 0.815. The Hall–Kier alpha value is -2.74. The van der Waals surface area contributed by atoms with Gasteiger partial charge in [-0.2, -0.15) is 0 Å². The summed E-state index contributed by atoms with van der Waals surface area (Å²) < 4.78 is 0. The fourth-order valence-electron chi connectivity index (χ4n) is 2.11. The predicted molar refractivity (Wildman–Crippen MR) is 88.2 cm³/mol. The molecule has 0 saturated carbocycles. The Balaban J connectivity index is 2.41. The van der Waals surface area contributed by atoms with Crippen LogP contribution in [0, 0.1) is 24.0 Å². The number of thiophene rings is 1. The molecule has 8 heteroatoms.